The minimum Gasteiger partial charge on any atom is -0.356 e. The zero-order chi connectivity index (χ0) is 16.5. The van der Waals surface area contributed by atoms with Gasteiger partial charge in [-0.1, -0.05) is 11.8 Å². The molecule has 0 radical (unpaired) electrons. The summed E-state index contributed by atoms with van der Waals surface area (Å²) in [5, 5.41) is 8.86. The quantitative estimate of drug-likeness (QED) is 0.322. The third kappa shape index (κ3) is 6.93. The van der Waals surface area contributed by atoms with Crippen LogP contribution in [0, 0.1) is 6.92 Å². The van der Waals surface area contributed by atoms with Gasteiger partial charge in [-0.25, -0.2) is 4.98 Å². The van der Waals surface area contributed by atoms with E-state index < -0.39 is 0 Å². The van der Waals surface area contributed by atoms with Crippen LogP contribution in [0.2, 0.25) is 0 Å². The van der Waals surface area contributed by atoms with Crippen LogP contribution in [0.4, 0.5) is 0 Å². The Morgan fingerprint density at radius 2 is 2.30 bits per heavy atom. The number of aromatic nitrogens is 1. The van der Waals surface area contributed by atoms with Crippen LogP contribution in [0.5, 0.6) is 0 Å². The van der Waals surface area contributed by atoms with Gasteiger partial charge in [0.25, 0.3) is 0 Å². The van der Waals surface area contributed by atoms with Crippen molar-refractivity contribution in [1.29, 1.82) is 0 Å². The lowest BCUT2D eigenvalue weighted by Crippen LogP contribution is -2.43. The van der Waals surface area contributed by atoms with E-state index in [-0.39, 0.29) is 0 Å². The Morgan fingerprint density at radius 1 is 1.43 bits per heavy atom. The SMILES string of the molecule is CN=C(NCCCSc1nccs1)NC(C)Cc1ccc(C)s1. The van der Waals surface area contributed by atoms with Gasteiger partial charge in [-0.3, -0.25) is 4.99 Å². The van der Waals surface area contributed by atoms with E-state index in [4.69, 9.17) is 0 Å². The summed E-state index contributed by atoms with van der Waals surface area (Å²) in [6.07, 6.45) is 3.97. The molecule has 126 valence electrons. The van der Waals surface area contributed by atoms with Crippen LogP contribution in [-0.2, 0) is 6.42 Å². The summed E-state index contributed by atoms with van der Waals surface area (Å²) in [7, 11) is 1.82. The van der Waals surface area contributed by atoms with E-state index in [9.17, 15) is 0 Å². The van der Waals surface area contributed by atoms with E-state index in [0.717, 1.165) is 35.4 Å². The van der Waals surface area contributed by atoms with Crippen molar-refractivity contribution in [3.63, 3.8) is 0 Å². The molecule has 0 saturated heterocycles. The van der Waals surface area contributed by atoms with E-state index in [1.165, 1.54) is 9.75 Å². The predicted octanol–water partition coefficient (Wildman–Crippen LogP) is 3.79. The molecule has 0 aliphatic rings. The van der Waals surface area contributed by atoms with Gasteiger partial charge in [0.05, 0.1) is 0 Å². The van der Waals surface area contributed by atoms with Crippen LogP contribution in [0.3, 0.4) is 0 Å². The summed E-state index contributed by atoms with van der Waals surface area (Å²) in [5.74, 6) is 1.95. The lowest BCUT2D eigenvalue weighted by Gasteiger charge is -2.17. The summed E-state index contributed by atoms with van der Waals surface area (Å²) >= 11 is 5.38. The average molecular weight is 369 g/mol. The largest absolute Gasteiger partial charge is 0.356 e. The molecule has 23 heavy (non-hydrogen) atoms. The number of thioether (sulfide) groups is 1. The number of hydrogen-bond acceptors (Lipinski definition) is 5. The lowest BCUT2D eigenvalue weighted by atomic mass is 10.2. The van der Waals surface area contributed by atoms with Crippen molar-refractivity contribution in [3.05, 3.63) is 33.5 Å². The topological polar surface area (TPSA) is 49.3 Å². The number of thiophene rings is 1. The van der Waals surface area contributed by atoms with Gasteiger partial charge in [-0.05, 0) is 32.4 Å². The maximum absolute atomic E-state index is 4.30. The summed E-state index contributed by atoms with van der Waals surface area (Å²) in [4.78, 5) is 11.4. The molecule has 1 unspecified atom stereocenters. The Labute approximate surface area is 150 Å². The normalized spacial score (nSPS) is 13.1. The molecule has 0 aliphatic heterocycles. The maximum Gasteiger partial charge on any atom is 0.191 e. The monoisotopic (exact) mass is 368 g/mol. The Hall–Kier alpha value is -1.05. The first kappa shape index (κ1) is 18.3. The number of hydrogen-bond donors (Lipinski definition) is 2. The Bertz CT molecular complexity index is 592. The van der Waals surface area contributed by atoms with Crippen molar-refractivity contribution >= 4 is 40.4 Å². The first-order valence-electron chi connectivity index (χ1n) is 7.72. The number of aliphatic imine (C=N–C) groups is 1. The molecule has 0 aliphatic carbocycles. The molecule has 1 atom stereocenters. The van der Waals surface area contributed by atoms with Crippen LogP contribution < -0.4 is 10.6 Å². The third-order valence-electron chi connectivity index (χ3n) is 3.16. The van der Waals surface area contributed by atoms with E-state index in [2.05, 4.69) is 46.6 Å². The summed E-state index contributed by atoms with van der Waals surface area (Å²) < 4.78 is 1.15. The highest BCUT2D eigenvalue weighted by atomic mass is 32.2. The molecule has 0 bridgehead atoms. The number of thiazole rings is 1. The van der Waals surface area contributed by atoms with Crippen molar-refractivity contribution in [1.82, 2.24) is 15.6 Å². The van der Waals surface area contributed by atoms with Crippen molar-refractivity contribution < 1.29 is 0 Å². The maximum atomic E-state index is 4.30. The first-order valence-corrected chi connectivity index (χ1v) is 10.4. The molecule has 2 aromatic heterocycles. The number of rotatable bonds is 8. The molecule has 2 N–H and O–H groups in total. The Kier molecular flexibility index (Phi) is 7.91. The zero-order valence-electron chi connectivity index (χ0n) is 13.8. The minimum absolute atomic E-state index is 0.365. The second-order valence-corrected chi connectivity index (χ2v) is 8.87. The standard InChI is InChI=1S/C16H24N4S3/c1-12(11-14-6-5-13(2)23-14)20-15(17-3)18-7-4-9-21-16-19-8-10-22-16/h5-6,8,10,12H,4,7,9,11H2,1-3H3,(H2,17,18,20). The second-order valence-electron chi connectivity index (χ2n) is 5.26. The van der Waals surface area contributed by atoms with Gasteiger partial charge >= 0.3 is 0 Å². The summed E-state index contributed by atoms with van der Waals surface area (Å²) in [6.45, 7) is 5.26. The fourth-order valence-electron chi connectivity index (χ4n) is 2.10. The van der Waals surface area contributed by atoms with Crippen molar-refractivity contribution in [2.75, 3.05) is 19.3 Å². The van der Waals surface area contributed by atoms with E-state index in [1.54, 1.807) is 11.3 Å². The van der Waals surface area contributed by atoms with Gasteiger partial charge < -0.3 is 10.6 Å². The van der Waals surface area contributed by atoms with E-state index in [1.807, 2.05) is 41.7 Å². The Balaban J connectivity index is 1.62. The van der Waals surface area contributed by atoms with E-state index >= 15 is 0 Å². The molecule has 2 heterocycles. The third-order valence-corrected chi connectivity index (χ3v) is 6.23. The summed E-state index contributed by atoms with van der Waals surface area (Å²) in [5.41, 5.74) is 0. The number of aryl methyl sites for hydroxylation is 1. The molecule has 4 nitrogen and oxygen atoms in total. The van der Waals surface area contributed by atoms with Crippen LogP contribution in [0.1, 0.15) is 23.1 Å². The van der Waals surface area contributed by atoms with Gasteiger partial charge in [0.1, 0.15) is 4.34 Å². The van der Waals surface area contributed by atoms with Gasteiger partial charge in [0, 0.05) is 53.1 Å². The molecular formula is C16H24N4S3. The second kappa shape index (κ2) is 9.95. The van der Waals surface area contributed by atoms with Gasteiger partial charge in [-0.15, -0.1) is 22.7 Å². The van der Waals surface area contributed by atoms with Crippen LogP contribution in [-0.4, -0.2) is 36.3 Å². The van der Waals surface area contributed by atoms with E-state index in [0.29, 0.717) is 6.04 Å². The fourth-order valence-corrected chi connectivity index (χ4v) is 4.76. The highest BCUT2D eigenvalue weighted by molar-refractivity contribution is 8.00. The van der Waals surface area contributed by atoms with Crippen LogP contribution in [0.15, 0.2) is 33.0 Å². The average Bonchev–Trinajstić information content (AvgIpc) is 3.17. The van der Waals surface area contributed by atoms with Crippen molar-refractivity contribution in [2.45, 2.75) is 37.1 Å². The molecule has 7 heteroatoms. The molecular weight excluding hydrogens is 344 g/mol. The Morgan fingerprint density at radius 3 is 2.96 bits per heavy atom. The van der Waals surface area contributed by atoms with Crippen molar-refractivity contribution in [2.24, 2.45) is 4.99 Å². The number of guanidine groups is 1. The molecule has 0 amide bonds. The molecule has 0 fully saturated rings. The molecule has 0 spiro atoms. The van der Waals surface area contributed by atoms with Gasteiger partial charge in [-0.2, -0.15) is 0 Å². The minimum atomic E-state index is 0.365. The number of nitrogens with one attached hydrogen (secondary N) is 2. The van der Waals surface area contributed by atoms with Crippen molar-refractivity contribution in [3.8, 4) is 0 Å². The highest BCUT2D eigenvalue weighted by Crippen LogP contribution is 2.20. The molecule has 2 aromatic rings. The molecule has 0 aromatic carbocycles. The smallest absolute Gasteiger partial charge is 0.191 e. The fraction of sp³-hybridized carbons (Fsp3) is 0.500. The van der Waals surface area contributed by atoms with Crippen LogP contribution >= 0.6 is 34.4 Å². The van der Waals surface area contributed by atoms with Crippen LogP contribution in [0.25, 0.3) is 0 Å². The zero-order valence-corrected chi connectivity index (χ0v) is 16.3. The lowest BCUT2D eigenvalue weighted by molar-refractivity contribution is 0.644. The highest BCUT2D eigenvalue weighted by Gasteiger charge is 2.07. The molecule has 0 saturated carbocycles. The van der Waals surface area contributed by atoms with Gasteiger partial charge in [0.15, 0.2) is 5.96 Å². The van der Waals surface area contributed by atoms with Gasteiger partial charge in [0.2, 0.25) is 0 Å². The number of nitrogens with zero attached hydrogens (tertiary/aromatic N) is 2. The summed E-state index contributed by atoms with van der Waals surface area (Å²) in [6, 6.07) is 4.76. The predicted molar refractivity (Wildman–Crippen MR) is 104 cm³/mol. The molecule has 2 rings (SSSR count). The first-order chi connectivity index (χ1) is 11.2.